The lowest BCUT2D eigenvalue weighted by atomic mass is 9.98. The van der Waals surface area contributed by atoms with Gasteiger partial charge in [-0.05, 0) is 23.8 Å². The minimum atomic E-state index is -0.349. The molecule has 2 aromatic carbocycles. The highest BCUT2D eigenvalue weighted by Gasteiger charge is 2.42. The van der Waals surface area contributed by atoms with Gasteiger partial charge in [0.15, 0.2) is 0 Å². The quantitative estimate of drug-likeness (QED) is 0.611. The van der Waals surface area contributed by atoms with Crippen molar-refractivity contribution in [3.8, 4) is 5.75 Å². The van der Waals surface area contributed by atoms with E-state index in [-0.39, 0.29) is 24.4 Å². The zero-order chi connectivity index (χ0) is 21.3. The number of fused-ring (bicyclic) bond motifs is 3. The topological polar surface area (TPSA) is 72.8 Å². The Kier molecular flexibility index (Phi) is 5.46. The molecule has 2 amide bonds. The Balaban J connectivity index is 1.78. The van der Waals surface area contributed by atoms with Crippen molar-refractivity contribution in [3.63, 3.8) is 0 Å². The van der Waals surface area contributed by atoms with E-state index in [1.54, 1.807) is 19.1 Å². The Labute approximate surface area is 175 Å². The molecule has 2 heterocycles. The number of methoxy groups -OCH3 is 2. The third-order valence-corrected chi connectivity index (χ3v) is 5.57. The summed E-state index contributed by atoms with van der Waals surface area (Å²) in [6.45, 7) is 0.801. The molecule has 0 spiro atoms. The first-order chi connectivity index (χ1) is 14.6. The molecule has 1 aliphatic rings. The van der Waals surface area contributed by atoms with E-state index in [0.29, 0.717) is 18.8 Å². The third kappa shape index (κ3) is 3.31. The summed E-state index contributed by atoms with van der Waals surface area (Å²) in [6, 6.07) is 15.3. The number of aryl methyl sites for hydroxylation is 1. The summed E-state index contributed by atoms with van der Waals surface area (Å²) in [5, 5.41) is 3.83. The van der Waals surface area contributed by atoms with E-state index in [0.717, 1.165) is 27.8 Å². The fourth-order valence-corrected chi connectivity index (χ4v) is 4.17. The summed E-state index contributed by atoms with van der Waals surface area (Å²) in [5.74, 6) is 0.382. The molecule has 0 aliphatic carbocycles. The molecule has 3 aromatic rings. The number of carbonyl (C=O) groups excluding carboxylic acids is 2. The minimum absolute atomic E-state index is 0.0255. The first-order valence-corrected chi connectivity index (χ1v) is 9.84. The fraction of sp³-hybridized carbons (Fsp3) is 0.304. The Morgan fingerprint density at radius 1 is 1.10 bits per heavy atom. The highest BCUT2D eigenvalue weighted by molar-refractivity contribution is 6.07. The lowest BCUT2D eigenvalue weighted by Crippen LogP contribution is -2.40. The summed E-state index contributed by atoms with van der Waals surface area (Å²) in [7, 11) is 5.09. The van der Waals surface area contributed by atoms with Crippen LogP contribution < -0.4 is 10.1 Å². The fourth-order valence-electron chi connectivity index (χ4n) is 4.17. The normalized spacial score (nSPS) is 15.5. The Morgan fingerprint density at radius 2 is 1.83 bits per heavy atom. The summed E-state index contributed by atoms with van der Waals surface area (Å²) >= 11 is 0. The predicted molar refractivity (Wildman–Crippen MR) is 114 cm³/mol. The largest absolute Gasteiger partial charge is 0.497 e. The van der Waals surface area contributed by atoms with Crippen LogP contribution in [0.4, 0.5) is 0 Å². The van der Waals surface area contributed by atoms with Gasteiger partial charge in [0.2, 0.25) is 5.91 Å². The molecule has 0 radical (unpaired) electrons. The van der Waals surface area contributed by atoms with Crippen molar-refractivity contribution in [2.75, 3.05) is 33.9 Å². The Morgan fingerprint density at radius 3 is 2.53 bits per heavy atom. The van der Waals surface area contributed by atoms with Gasteiger partial charge < -0.3 is 24.3 Å². The summed E-state index contributed by atoms with van der Waals surface area (Å²) < 4.78 is 12.2. The summed E-state index contributed by atoms with van der Waals surface area (Å²) in [4.78, 5) is 27.6. The van der Waals surface area contributed by atoms with Crippen molar-refractivity contribution in [3.05, 3.63) is 65.4 Å². The molecule has 1 unspecified atom stereocenters. The Hall–Kier alpha value is -3.32. The summed E-state index contributed by atoms with van der Waals surface area (Å²) in [5.41, 5.74) is 3.50. The second-order valence-corrected chi connectivity index (χ2v) is 7.29. The predicted octanol–water partition coefficient (Wildman–Crippen LogP) is 2.49. The number of benzene rings is 2. The van der Waals surface area contributed by atoms with Crippen LogP contribution in [0.5, 0.6) is 5.75 Å². The molecular formula is C23H25N3O4. The monoisotopic (exact) mass is 407 g/mol. The third-order valence-electron chi connectivity index (χ3n) is 5.57. The maximum absolute atomic E-state index is 13.4. The van der Waals surface area contributed by atoms with Crippen LogP contribution in [0.1, 0.15) is 27.7 Å². The van der Waals surface area contributed by atoms with Gasteiger partial charge in [0.05, 0.1) is 19.8 Å². The van der Waals surface area contributed by atoms with Crippen LogP contribution >= 0.6 is 0 Å². The number of rotatable bonds is 7. The van der Waals surface area contributed by atoms with Gasteiger partial charge in [-0.25, -0.2) is 0 Å². The van der Waals surface area contributed by atoms with E-state index < -0.39 is 0 Å². The second kappa shape index (κ2) is 8.20. The highest BCUT2D eigenvalue weighted by atomic mass is 16.5. The molecule has 0 fully saturated rings. The summed E-state index contributed by atoms with van der Waals surface area (Å²) in [6.07, 6.45) is 0. The standard InChI is InChI=1S/C23H25N3O4/c1-25-18-7-5-4-6-17(18)20-21(15-8-10-16(30-3)11-9-15)26(23(28)22(20)25)14-19(27)24-12-13-29-2/h4-11,21H,12-14H2,1-3H3,(H,24,27). The van der Waals surface area contributed by atoms with E-state index in [4.69, 9.17) is 9.47 Å². The number of hydrogen-bond acceptors (Lipinski definition) is 4. The van der Waals surface area contributed by atoms with Crippen LogP contribution in [0.25, 0.3) is 10.9 Å². The van der Waals surface area contributed by atoms with Crippen molar-refractivity contribution < 1.29 is 19.1 Å². The average Bonchev–Trinajstić information content (AvgIpc) is 3.21. The van der Waals surface area contributed by atoms with Crippen LogP contribution in [-0.4, -0.2) is 55.2 Å². The van der Waals surface area contributed by atoms with Gasteiger partial charge in [0.1, 0.15) is 18.0 Å². The molecule has 1 aromatic heterocycles. The first-order valence-electron chi connectivity index (χ1n) is 9.84. The highest BCUT2D eigenvalue weighted by Crippen LogP contribution is 2.43. The van der Waals surface area contributed by atoms with Crippen molar-refractivity contribution in [2.45, 2.75) is 6.04 Å². The van der Waals surface area contributed by atoms with Gasteiger partial charge in [-0.1, -0.05) is 30.3 Å². The van der Waals surface area contributed by atoms with Gasteiger partial charge in [0.25, 0.3) is 5.91 Å². The van der Waals surface area contributed by atoms with Gasteiger partial charge in [-0.2, -0.15) is 0 Å². The Bertz CT molecular complexity index is 1090. The van der Waals surface area contributed by atoms with Crippen molar-refractivity contribution in [1.82, 2.24) is 14.8 Å². The van der Waals surface area contributed by atoms with Gasteiger partial charge in [-0.15, -0.1) is 0 Å². The maximum Gasteiger partial charge on any atom is 0.272 e. The van der Waals surface area contributed by atoms with E-state index in [2.05, 4.69) is 5.32 Å². The molecule has 0 bridgehead atoms. The molecule has 0 saturated carbocycles. The second-order valence-electron chi connectivity index (χ2n) is 7.29. The number of aromatic nitrogens is 1. The van der Waals surface area contributed by atoms with E-state index >= 15 is 0 Å². The zero-order valence-corrected chi connectivity index (χ0v) is 17.3. The van der Waals surface area contributed by atoms with Crippen LogP contribution in [0.2, 0.25) is 0 Å². The maximum atomic E-state index is 13.4. The molecule has 156 valence electrons. The van der Waals surface area contributed by atoms with Gasteiger partial charge in [0, 0.05) is 37.2 Å². The van der Waals surface area contributed by atoms with Gasteiger partial charge in [-0.3, -0.25) is 9.59 Å². The molecule has 1 aliphatic heterocycles. The average molecular weight is 407 g/mol. The molecular weight excluding hydrogens is 382 g/mol. The van der Waals surface area contributed by atoms with E-state index in [1.807, 2.05) is 60.1 Å². The van der Waals surface area contributed by atoms with E-state index in [9.17, 15) is 9.59 Å². The number of nitrogens with one attached hydrogen (secondary N) is 1. The number of amides is 2. The van der Waals surface area contributed by atoms with Crippen LogP contribution in [0.15, 0.2) is 48.5 Å². The number of para-hydroxylation sites is 1. The number of hydrogen-bond donors (Lipinski definition) is 1. The molecule has 30 heavy (non-hydrogen) atoms. The number of carbonyl (C=O) groups is 2. The SMILES string of the molecule is COCCNC(=O)CN1C(=O)c2c(c3ccccc3n2C)C1c1ccc(OC)cc1. The lowest BCUT2D eigenvalue weighted by molar-refractivity contribution is -0.122. The van der Waals surface area contributed by atoms with Crippen molar-refractivity contribution >= 4 is 22.7 Å². The molecule has 1 N–H and O–H groups in total. The molecule has 0 saturated heterocycles. The van der Waals surface area contributed by atoms with Crippen LogP contribution in [-0.2, 0) is 16.6 Å². The lowest BCUT2D eigenvalue weighted by Gasteiger charge is -2.26. The number of nitrogens with zero attached hydrogens (tertiary/aromatic N) is 2. The minimum Gasteiger partial charge on any atom is -0.497 e. The number of ether oxygens (including phenoxy) is 2. The first kappa shape index (κ1) is 20.0. The van der Waals surface area contributed by atoms with Crippen LogP contribution in [0, 0.1) is 0 Å². The van der Waals surface area contributed by atoms with Crippen molar-refractivity contribution in [2.24, 2.45) is 7.05 Å². The smallest absolute Gasteiger partial charge is 0.272 e. The molecule has 1 atom stereocenters. The zero-order valence-electron chi connectivity index (χ0n) is 17.3. The van der Waals surface area contributed by atoms with Gasteiger partial charge >= 0.3 is 0 Å². The van der Waals surface area contributed by atoms with Crippen molar-refractivity contribution in [1.29, 1.82) is 0 Å². The molecule has 7 heteroatoms. The van der Waals surface area contributed by atoms with Crippen LogP contribution in [0.3, 0.4) is 0 Å². The molecule has 7 nitrogen and oxygen atoms in total. The molecule has 4 rings (SSSR count). The van der Waals surface area contributed by atoms with E-state index in [1.165, 1.54) is 0 Å².